The Kier molecular flexibility index (Phi) is 6.46. The van der Waals surface area contributed by atoms with Crippen LogP contribution >= 0.6 is 0 Å². The second kappa shape index (κ2) is 9.47. The molecule has 2 saturated heterocycles. The van der Waals surface area contributed by atoms with Gasteiger partial charge in [0.1, 0.15) is 0 Å². The average Bonchev–Trinajstić information content (AvgIpc) is 3.45. The number of amides is 1. The fourth-order valence-corrected chi connectivity index (χ4v) is 5.87. The van der Waals surface area contributed by atoms with Crippen molar-refractivity contribution in [3.8, 4) is 0 Å². The zero-order chi connectivity index (χ0) is 22.1. The highest BCUT2D eigenvalue weighted by Gasteiger charge is 2.50. The summed E-state index contributed by atoms with van der Waals surface area (Å²) in [4.78, 5) is 28.8. The van der Waals surface area contributed by atoms with Crippen LogP contribution in [-0.2, 0) is 16.1 Å². The summed E-state index contributed by atoms with van der Waals surface area (Å²) in [6.45, 7) is 5.43. The first-order valence-corrected chi connectivity index (χ1v) is 12.0. The van der Waals surface area contributed by atoms with Gasteiger partial charge in [-0.3, -0.25) is 14.5 Å². The molecule has 5 rings (SSSR count). The number of hydrogen-bond donors (Lipinski definition) is 3. The molecule has 1 amide bonds. The summed E-state index contributed by atoms with van der Waals surface area (Å²) in [5.41, 5.74) is 2.83. The number of rotatable bonds is 7. The molecule has 8 heteroatoms. The third-order valence-corrected chi connectivity index (χ3v) is 7.59. The SMILES string of the molecule is O=C(NCCCN1CCOCC1)[C@@H]1[C@@H](CO)[C@@H]2Cn3c(ccc(C4=CCCC4)c3=O)[C@H]1N2. The Morgan fingerprint density at radius 3 is 2.88 bits per heavy atom. The van der Waals surface area contributed by atoms with Crippen LogP contribution in [0.2, 0.25) is 0 Å². The second-order valence-electron chi connectivity index (χ2n) is 9.43. The van der Waals surface area contributed by atoms with E-state index in [2.05, 4.69) is 21.6 Å². The Labute approximate surface area is 188 Å². The van der Waals surface area contributed by atoms with Crippen LogP contribution in [0.5, 0.6) is 0 Å². The molecular formula is C24H34N4O4. The molecule has 0 spiro atoms. The van der Waals surface area contributed by atoms with Crippen molar-refractivity contribution in [2.24, 2.45) is 11.8 Å². The highest BCUT2D eigenvalue weighted by molar-refractivity contribution is 5.80. The van der Waals surface area contributed by atoms with Gasteiger partial charge in [0.15, 0.2) is 0 Å². The lowest BCUT2D eigenvalue weighted by molar-refractivity contribution is -0.127. The molecule has 0 saturated carbocycles. The fraction of sp³-hybridized carbons (Fsp3) is 0.667. The molecule has 3 N–H and O–H groups in total. The largest absolute Gasteiger partial charge is 0.396 e. The number of fused-ring (bicyclic) bond motifs is 4. The Morgan fingerprint density at radius 2 is 2.12 bits per heavy atom. The van der Waals surface area contributed by atoms with E-state index in [4.69, 9.17) is 4.74 Å². The number of carbonyl (C=O) groups is 1. The molecule has 1 aromatic rings. The molecule has 1 aromatic heterocycles. The van der Waals surface area contributed by atoms with E-state index in [1.165, 1.54) is 0 Å². The minimum Gasteiger partial charge on any atom is -0.396 e. The summed E-state index contributed by atoms with van der Waals surface area (Å²) in [6.07, 6.45) is 6.14. The minimum atomic E-state index is -0.377. The number of aliphatic hydroxyl groups excluding tert-OH is 1. The predicted molar refractivity (Wildman–Crippen MR) is 121 cm³/mol. The molecular weight excluding hydrogens is 408 g/mol. The van der Waals surface area contributed by atoms with Crippen LogP contribution in [0.1, 0.15) is 43.0 Å². The summed E-state index contributed by atoms with van der Waals surface area (Å²) in [7, 11) is 0. The Hall–Kier alpha value is -2.00. The van der Waals surface area contributed by atoms with Gasteiger partial charge in [0, 0.05) is 56.0 Å². The quantitative estimate of drug-likeness (QED) is 0.533. The van der Waals surface area contributed by atoms with E-state index in [9.17, 15) is 14.7 Å². The maximum atomic E-state index is 13.3. The average molecular weight is 443 g/mol. The molecule has 4 heterocycles. The third-order valence-electron chi connectivity index (χ3n) is 7.59. The Bertz CT molecular complexity index is 936. The molecule has 1 aliphatic carbocycles. The first-order chi connectivity index (χ1) is 15.7. The van der Waals surface area contributed by atoms with Gasteiger partial charge in [-0.25, -0.2) is 0 Å². The van der Waals surface area contributed by atoms with Gasteiger partial charge in [0.05, 0.1) is 25.2 Å². The number of hydrogen-bond acceptors (Lipinski definition) is 6. The molecule has 0 radical (unpaired) electrons. The molecule has 2 fully saturated rings. The number of aromatic nitrogens is 1. The van der Waals surface area contributed by atoms with Gasteiger partial charge in [-0.1, -0.05) is 6.08 Å². The molecule has 4 atom stereocenters. The number of morpholine rings is 1. The number of allylic oxidation sites excluding steroid dienone is 2. The Morgan fingerprint density at radius 1 is 1.28 bits per heavy atom. The van der Waals surface area contributed by atoms with Gasteiger partial charge in [0.2, 0.25) is 5.91 Å². The smallest absolute Gasteiger partial charge is 0.258 e. The molecule has 174 valence electrons. The number of aliphatic hydroxyl groups is 1. The van der Waals surface area contributed by atoms with Crippen LogP contribution in [0.3, 0.4) is 0 Å². The van der Waals surface area contributed by atoms with Crippen LogP contribution in [0.4, 0.5) is 0 Å². The summed E-state index contributed by atoms with van der Waals surface area (Å²) in [5.74, 6) is -0.611. The van der Waals surface area contributed by atoms with E-state index in [-0.39, 0.29) is 42.0 Å². The summed E-state index contributed by atoms with van der Waals surface area (Å²) in [5, 5.41) is 16.7. The van der Waals surface area contributed by atoms with E-state index in [1.807, 2.05) is 16.7 Å². The molecule has 2 bridgehead atoms. The highest BCUT2D eigenvalue weighted by atomic mass is 16.5. The molecule has 3 aliphatic heterocycles. The second-order valence-corrected chi connectivity index (χ2v) is 9.43. The standard InChI is InChI=1S/C24H34N4O4/c29-15-18-19-14-28-20(7-6-17(24(28)31)16-4-1-2-5-16)22(26-19)21(18)23(30)25-8-3-9-27-10-12-32-13-11-27/h4,6-7,18-19,21-22,26,29H,1-3,5,8-15H2,(H,25,30)/t18-,19-,21+,22+/m0/s1. The number of ether oxygens (including phenoxy) is 1. The Balaban J connectivity index is 1.29. The molecule has 8 nitrogen and oxygen atoms in total. The first kappa shape index (κ1) is 21.8. The van der Waals surface area contributed by atoms with Gasteiger partial charge in [-0.2, -0.15) is 0 Å². The monoisotopic (exact) mass is 442 g/mol. The number of nitrogens with zero attached hydrogens (tertiary/aromatic N) is 2. The number of nitrogens with one attached hydrogen (secondary N) is 2. The van der Waals surface area contributed by atoms with Crippen molar-refractivity contribution in [3.05, 3.63) is 39.8 Å². The minimum absolute atomic E-state index is 0.0329. The molecule has 4 aliphatic rings. The number of carbonyl (C=O) groups excluding carboxylic acids is 1. The van der Waals surface area contributed by atoms with Gasteiger partial charge in [0.25, 0.3) is 5.56 Å². The fourth-order valence-electron chi connectivity index (χ4n) is 5.87. The lowest BCUT2D eigenvalue weighted by Gasteiger charge is -2.28. The first-order valence-electron chi connectivity index (χ1n) is 12.0. The molecule has 0 aromatic carbocycles. The van der Waals surface area contributed by atoms with Crippen molar-refractivity contribution in [2.45, 2.75) is 44.3 Å². The van der Waals surface area contributed by atoms with Crippen LogP contribution < -0.4 is 16.2 Å². The predicted octanol–water partition coefficient (Wildman–Crippen LogP) is 0.505. The molecule has 0 unspecified atom stereocenters. The van der Waals surface area contributed by atoms with Crippen molar-refractivity contribution in [1.29, 1.82) is 0 Å². The third kappa shape index (κ3) is 4.05. The van der Waals surface area contributed by atoms with Crippen molar-refractivity contribution in [2.75, 3.05) is 46.0 Å². The number of pyridine rings is 1. The van der Waals surface area contributed by atoms with Crippen molar-refractivity contribution < 1.29 is 14.6 Å². The van der Waals surface area contributed by atoms with Crippen LogP contribution in [-0.4, -0.2) is 72.5 Å². The van der Waals surface area contributed by atoms with Crippen LogP contribution in [0, 0.1) is 11.8 Å². The van der Waals surface area contributed by atoms with E-state index >= 15 is 0 Å². The van der Waals surface area contributed by atoms with Crippen molar-refractivity contribution in [1.82, 2.24) is 20.1 Å². The zero-order valence-corrected chi connectivity index (χ0v) is 18.6. The van der Waals surface area contributed by atoms with E-state index in [0.29, 0.717) is 13.1 Å². The normalized spacial score (nSPS) is 29.6. The highest BCUT2D eigenvalue weighted by Crippen LogP contribution is 2.41. The summed E-state index contributed by atoms with van der Waals surface area (Å²) >= 11 is 0. The summed E-state index contributed by atoms with van der Waals surface area (Å²) < 4.78 is 7.22. The van der Waals surface area contributed by atoms with Gasteiger partial charge >= 0.3 is 0 Å². The maximum absolute atomic E-state index is 13.3. The maximum Gasteiger partial charge on any atom is 0.258 e. The zero-order valence-electron chi connectivity index (χ0n) is 18.6. The van der Waals surface area contributed by atoms with Gasteiger partial charge < -0.3 is 25.0 Å². The van der Waals surface area contributed by atoms with E-state index in [0.717, 1.165) is 75.4 Å². The topological polar surface area (TPSA) is 95.8 Å². The van der Waals surface area contributed by atoms with E-state index in [1.54, 1.807) is 0 Å². The van der Waals surface area contributed by atoms with Crippen LogP contribution in [0.25, 0.3) is 5.57 Å². The van der Waals surface area contributed by atoms with Crippen LogP contribution in [0.15, 0.2) is 23.0 Å². The van der Waals surface area contributed by atoms with E-state index < -0.39 is 0 Å². The lowest BCUT2D eigenvalue weighted by Crippen LogP contribution is -2.44. The van der Waals surface area contributed by atoms with Gasteiger partial charge in [-0.15, -0.1) is 0 Å². The molecule has 32 heavy (non-hydrogen) atoms. The van der Waals surface area contributed by atoms with Crippen molar-refractivity contribution >= 4 is 11.5 Å². The summed E-state index contributed by atoms with van der Waals surface area (Å²) in [6, 6.07) is 3.61. The van der Waals surface area contributed by atoms with Gasteiger partial charge in [-0.05, 0) is 49.9 Å². The lowest BCUT2D eigenvalue weighted by atomic mass is 9.86. The van der Waals surface area contributed by atoms with Crippen molar-refractivity contribution in [3.63, 3.8) is 0 Å².